The van der Waals surface area contributed by atoms with E-state index in [2.05, 4.69) is 4.90 Å². The van der Waals surface area contributed by atoms with Crippen molar-refractivity contribution in [1.29, 1.82) is 0 Å². The van der Waals surface area contributed by atoms with Gasteiger partial charge in [0.05, 0.1) is 5.54 Å². The highest BCUT2D eigenvalue weighted by atomic mass is 35.5. The minimum atomic E-state index is -0.303. The van der Waals surface area contributed by atoms with Crippen LogP contribution in [0.3, 0.4) is 0 Å². The molecule has 1 aliphatic carbocycles. The Bertz CT molecular complexity index is 479. The maximum Gasteiger partial charge on any atom is 0.157 e. The number of likely N-dealkylation sites (N-methyl/N-ethyl adjacent to an activating group) is 1. The molecule has 0 heterocycles. The number of halogens is 2. The lowest BCUT2D eigenvalue weighted by Crippen LogP contribution is -2.49. The molecule has 1 fully saturated rings. The second kappa shape index (κ2) is 5.82. The summed E-state index contributed by atoms with van der Waals surface area (Å²) in [4.78, 5) is 14.8. The van der Waals surface area contributed by atoms with E-state index in [-0.39, 0.29) is 11.3 Å². The van der Waals surface area contributed by atoms with Gasteiger partial charge in [0.15, 0.2) is 5.78 Å². The first-order chi connectivity index (χ1) is 8.95. The van der Waals surface area contributed by atoms with Gasteiger partial charge in [-0.3, -0.25) is 9.69 Å². The summed E-state index contributed by atoms with van der Waals surface area (Å²) in [6.07, 6.45) is 4.53. The Morgan fingerprint density at radius 2 is 1.89 bits per heavy atom. The lowest BCUT2D eigenvalue weighted by atomic mass is 9.87. The van der Waals surface area contributed by atoms with E-state index in [9.17, 15) is 4.79 Å². The molecule has 1 saturated carbocycles. The van der Waals surface area contributed by atoms with Gasteiger partial charge >= 0.3 is 0 Å². The van der Waals surface area contributed by atoms with E-state index >= 15 is 0 Å². The summed E-state index contributed by atoms with van der Waals surface area (Å²) in [5.41, 5.74) is 0.562. The van der Waals surface area contributed by atoms with Crippen molar-refractivity contribution >= 4 is 29.0 Å². The van der Waals surface area contributed by atoms with E-state index in [4.69, 9.17) is 23.2 Å². The van der Waals surface area contributed by atoms with Gasteiger partial charge in [-0.05, 0) is 44.6 Å². The van der Waals surface area contributed by atoms with Crippen molar-refractivity contribution in [3.63, 3.8) is 0 Å². The highest BCUT2D eigenvalue weighted by Gasteiger charge is 2.42. The zero-order chi connectivity index (χ0) is 14.0. The van der Waals surface area contributed by atoms with Crippen LogP contribution in [-0.2, 0) is 11.2 Å². The Morgan fingerprint density at radius 1 is 1.26 bits per heavy atom. The Kier molecular flexibility index (Phi) is 4.54. The SMILES string of the molecule is CN(C)C1(C(=O)Cc2ccc(Cl)cc2Cl)CCCC1. The Hall–Kier alpha value is -0.570. The highest BCUT2D eigenvalue weighted by molar-refractivity contribution is 6.35. The van der Waals surface area contributed by atoms with Crippen LogP contribution >= 0.6 is 23.2 Å². The van der Waals surface area contributed by atoms with Crippen LogP contribution in [0.15, 0.2) is 18.2 Å². The fraction of sp³-hybridized carbons (Fsp3) is 0.533. The molecular weight excluding hydrogens is 281 g/mol. The topological polar surface area (TPSA) is 20.3 Å². The number of rotatable bonds is 4. The van der Waals surface area contributed by atoms with Crippen LogP contribution in [0.4, 0.5) is 0 Å². The number of hydrogen-bond donors (Lipinski definition) is 0. The normalized spacial score (nSPS) is 17.9. The summed E-state index contributed by atoms with van der Waals surface area (Å²) < 4.78 is 0. The first kappa shape index (κ1) is 14.8. The van der Waals surface area contributed by atoms with Crippen LogP contribution in [-0.4, -0.2) is 30.3 Å². The van der Waals surface area contributed by atoms with E-state index in [0.717, 1.165) is 31.2 Å². The summed E-state index contributed by atoms with van der Waals surface area (Å²) in [6.45, 7) is 0. The number of carbonyl (C=O) groups excluding carboxylic acids is 1. The van der Waals surface area contributed by atoms with Gasteiger partial charge in [-0.2, -0.15) is 0 Å². The zero-order valence-electron chi connectivity index (χ0n) is 11.4. The molecule has 0 N–H and O–H groups in total. The fourth-order valence-electron chi connectivity index (χ4n) is 2.94. The van der Waals surface area contributed by atoms with Crippen LogP contribution in [0.1, 0.15) is 31.2 Å². The van der Waals surface area contributed by atoms with Crippen molar-refractivity contribution in [1.82, 2.24) is 4.90 Å². The lowest BCUT2D eigenvalue weighted by Gasteiger charge is -2.34. The Balaban J connectivity index is 2.20. The molecule has 1 aromatic carbocycles. The van der Waals surface area contributed by atoms with Crippen molar-refractivity contribution in [3.8, 4) is 0 Å². The second-order valence-electron chi connectivity index (χ2n) is 5.47. The molecule has 1 aliphatic rings. The van der Waals surface area contributed by atoms with E-state index in [1.807, 2.05) is 20.2 Å². The summed E-state index contributed by atoms with van der Waals surface area (Å²) >= 11 is 12.0. The van der Waals surface area contributed by atoms with Crippen LogP contribution in [0, 0.1) is 0 Å². The van der Waals surface area contributed by atoms with Crippen LogP contribution in [0.25, 0.3) is 0 Å². The Labute approximate surface area is 124 Å². The smallest absolute Gasteiger partial charge is 0.157 e. The van der Waals surface area contributed by atoms with Gasteiger partial charge in [0.2, 0.25) is 0 Å². The predicted octanol–water partition coefficient (Wildman–Crippen LogP) is 3.98. The molecule has 0 spiro atoms. The molecule has 0 amide bonds. The van der Waals surface area contributed by atoms with Gasteiger partial charge < -0.3 is 0 Å². The summed E-state index contributed by atoms with van der Waals surface area (Å²) in [5.74, 6) is 0.263. The summed E-state index contributed by atoms with van der Waals surface area (Å²) in [7, 11) is 3.99. The molecule has 2 rings (SSSR count). The van der Waals surface area contributed by atoms with Crippen LogP contribution in [0.5, 0.6) is 0 Å². The molecule has 0 atom stereocenters. The second-order valence-corrected chi connectivity index (χ2v) is 6.31. The molecule has 0 saturated heterocycles. The van der Waals surface area contributed by atoms with Gasteiger partial charge in [0.1, 0.15) is 0 Å². The molecule has 104 valence electrons. The average Bonchev–Trinajstić information content (AvgIpc) is 2.83. The lowest BCUT2D eigenvalue weighted by molar-refractivity contribution is -0.128. The monoisotopic (exact) mass is 299 g/mol. The fourth-order valence-corrected chi connectivity index (χ4v) is 3.41. The van der Waals surface area contributed by atoms with Crippen molar-refractivity contribution in [2.75, 3.05) is 14.1 Å². The third-order valence-corrected chi connectivity index (χ3v) is 4.76. The van der Waals surface area contributed by atoms with Gasteiger partial charge in [0, 0.05) is 16.5 Å². The minimum absolute atomic E-state index is 0.263. The predicted molar refractivity (Wildman–Crippen MR) is 80.1 cm³/mol. The first-order valence-electron chi connectivity index (χ1n) is 6.60. The third kappa shape index (κ3) is 2.96. The van der Waals surface area contributed by atoms with Gasteiger partial charge in [-0.25, -0.2) is 0 Å². The van der Waals surface area contributed by atoms with E-state index < -0.39 is 0 Å². The summed E-state index contributed by atoms with van der Waals surface area (Å²) in [6, 6.07) is 5.33. The van der Waals surface area contributed by atoms with Crippen LogP contribution < -0.4 is 0 Å². The molecule has 0 radical (unpaired) electrons. The number of carbonyl (C=O) groups is 1. The van der Waals surface area contributed by atoms with E-state index in [0.29, 0.717) is 16.5 Å². The molecule has 0 unspecified atom stereocenters. The standard InChI is InChI=1S/C15H19Cl2NO/c1-18(2)15(7-3-4-8-15)14(19)9-11-5-6-12(16)10-13(11)17/h5-6,10H,3-4,7-9H2,1-2H3. The molecule has 19 heavy (non-hydrogen) atoms. The summed E-state index contributed by atoms with van der Waals surface area (Å²) in [5, 5.41) is 1.18. The van der Waals surface area contributed by atoms with E-state index in [1.165, 1.54) is 0 Å². The van der Waals surface area contributed by atoms with Crippen molar-refractivity contribution in [2.45, 2.75) is 37.6 Å². The highest BCUT2D eigenvalue weighted by Crippen LogP contribution is 2.36. The number of Topliss-reactive ketones (excluding diaryl/α,β-unsaturated/α-hetero) is 1. The largest absolute Gasteiger partial charge is 0.297 e. The quantitative estimate of drug-likeness (QED) is 0.838. The maximum absolute atomic E-state index is 12.7. The molecule has 2 nitrogen and oxygen atoms in total. The van der Waals surface area contributed by atoms with Crippen molar-refractivity contribution < 1.29 is 4.79 Å². The number of hydrogen-bond acceptors (Lipinski definition) is 2. The molecule has 1 aromatic rings. The Morgan fingerprint density at radius 3 is 2.42 bits per heavy atom. The number of nitrogens with zero attached hydrogens (tertiary/aromatic N) is 1. The molecule has 0 aliphatic heterocycles. The first-order valence-corrected chi connectivity index (χ1v) is 7.36. The number of ketones is 1. The van der Waals surface area contributed by atoms with Gasteiger partial charge in [0.25, 0.3) is 0 Å². The average molecular weight is 300 g/mol. The van der Waals surface area contributed by atoms with Crippen molar-refractivity contribution in [2.24, 2.45) is 0 Å². The van der Waals surface area contributed by atoms with E-state index in [1.54, 1.807) is 12.1 Å². The van der Waals surface area contributed by atoms with Gasteiger partial charge in [-0.15, -0.1) is 0 Å². The zero-order valence-corrected chi connectivity index (χ0v) is 12.9. The van der Waals surface area contributed by atoms with Gasteiger partial charge in [-0.1, -0.05) is 42.1 Å². The third-order valence-electron chi connectivity index (χ3n) is 4.17. The molecule has 0 bridgehead atoms. The maximum atomic E-state index is 12.7. The minimum Gasteiger partial charge on any atom is -0.297 e. The molecular formula is C15H19Cl2NO. The van der Waals surface area contributed by atoms with Crippen LogP contribution in [0.2, 0.25) is 10.0 Å². The number of benzene rings is 1. The molecule has 4 heteroatoms. The van der Waals surface area contributed by atoms with Crippen molar-refractivity contribution in [3.05, 3.63) is 33.8 Å². The molecule has 0 aromatic heterocycles.